The molecule has 0 unspecified atom stereocenters. The van der Waals surface area contributed by atoms with E-state index in [9.17, 15) is 18.0 Å². The maximum absolute atomic E-state index is 12.9. The number of carbonyl (C=O) groups excluding carboxylic acids is 1. The smallest absolute Gasteiger partial charge is 0.347 e. The number of halogens is 3. The summed E-state index contributed by atoms with van der Waals surface area (Å²) in [5.74, 6) is -1.21. The molecule has 3 aromatic rings. The minimum absolute atomic E-state index is 0.0230. The van der Waals surface area contributed by atoms with Crippen LogP contribution in [-0.4, -0.2) is 54.5 Å². The van der Waals surface area contributed by atoms with Gasteiger partial charge in [-0.25, -0.2) is 0 Å². The zero-order valence-electron chi connectivity index (χ0n) is 13.2. The van der Waals surface area contributed by atoms with E-state index >= 15 is 0 Å². The van der Waals surface area contributed by atoms with Crippen molar-refractivity contribution in [3.05, 3.63) is 30.4 Å². The maximum atomic E-state index is 12.9. The van der Waals surface area contributed by atoms with E-state index in [0.29, 0.717) is 10.2 Å². The van der Waals surface area contributed by atoms with Crippen molar-refractivity contribution in [2.45, 2.75) is 12.7 Å². The largest absolute Gasteiger partial charge is 0.453 e. The average Bonchev–Trinajstić information content (AvgIpc) is 3.13. The van der Waals surface area contributed by atoms with Crippen molar-refractivity contribution in [2.75, 3.05) is 19.4 Å². The van der Waals surface area contributed by atoms with Crippen molar-refractivity contribution in [3.8, 4) is 0 Å². The first-order valence-electron chi connectivity index (χ1n) is 7.03. The lowest BCUT2D eigenvalue weighted by Crippen LogP contribution is -2.26. The van der Waals surface area contributed by atoms with Crippen LogP contribution in [0.4, 0.5) is 24.7 Å². The highest BCUT2D eigenvalue weighted by Gasteiger charge is 2.37. The van der Waals surface area contributed by atoms with E-state index in [-0.39, 0.29) is 23.9 Å². The molecule has 0 aliphatic heterocycles. The zero-order chi connectivity index (χ0) is 18.2. The summed E-state index contributed by atoms with van der Waals surface area (Å²) >= 11 is 0. The molecule has 1 N–H and O–H groups in total. The van der Waals surface area contributed by atoms with E-state index in [4.69, 9.17) is 0 Å². The molecule has 9 nitrogen and oxygen atoms in total. The lowest BCUT2D eigenvalue weighted by Gasteiger charge is -2.09. The molecule has 3 heterocycles. The van der Waals surface area contributed by atoms with Crippen LogP contribution in [0.3, 0.4) is 0 Å². The van der Waals surface area contributed by atoms with Crippen LogP contribution in [0.5, 0.6) is 0 Å². The van der Waals surface area contributed by atoms with Crippen LogP contribution in [0.15, 0.2) is 24.5 Å². The highest BCUT2D eigenvalue weighted by Crippen LogP contribution is 2.27. The Morgan fingerprint density at radius 3 is 2.72 bits per heavy atom. The number of rotatable bonds is 4. The van der Waals surface area contributed by atoms with Crippen LogP contribution in [0.2, 0.25) is 0 Å². The molecule has 0 spiro atoms. The van der Waals surface area contributed by atoms with E-state index in [1.807, 2.05) is 0 Å². The van der Waals surface area contributed by atoms with Gasteiger partial charge in [-0.15, -0.1) is 15.3 Å². The van der Waals surface area contributed by atoms with Crippen molar-refractivity contribution < 1.29 is 18.0 Å². The molecular formula is C13H13F3N8O. The van der Waals surface area contributed by atoms with Crippen LogP contribution in [0.25, 0.3) is 5.65 Å². The molecule has 12 heteroatoms. The summed E-state index contributed by atoms with van der Waals surface area (Å²) in [6.45, 7) is 0.0464. The molecule has 3 rings (SSSR count). The molecule has 0 aliphatic carbocycles. The van der Waals surface area contributed by atoms with Crippen molar-refractivity contribution in [1.82, 2.24) is 34.5 Å². The summed E-state index contributed by atoms with van der Waals surface area (Å²) < 4.78 is 40.6. The number of amides is 1. The lowest BCUT2D eigenvalue weighted by atomic mass is 10.4. The predicted molar refractivity (Wildman–Crippen MR) is 80.0 cm³/mol. The number of nitrogens with zero attached hydrogens (tertiary/aromatic N) is 7. The maximum Gasteiger partial charge on any atom is 0.453 e. The van der Waals surface area contributed by atoms with Gasteiger partial charge in [0.05, 0.1) is 11.9 Å². The number of hydrogen-bond acceptors (Lipinski definition) is 6. The summed E-state index contributed by atoms with van der Waals surface area (Å²) in [5.41, 5.74) is 0.449. The average molecular weight is 354 g/mol. The van der Waals surface area contributed by atoms with Crippen LogP contribution < -0.4 is 5.32 Å². The summed E-state index contributed by atoms with van der Waals surface area (Å²) in [6.07, 6.45) is -1.68. The Kier molecular flexibility index (Phi) is 4.02. The monoisotopic (exact) mass is 354 g/mol. The number of anilines is 2. The van der Waals surface area contributed by atoms with Gasteiger partial charge in [0.2, 0.25) is 5.91 Å². The number of alkyl halides is 3. The molecule has 3 aromatic heterocycles. The molecule has 132 valence electrons. The van der Waals surface area contributed by atoms with Crippen molar-refractivity contribution in [2.24, 2.45) is 0 Å². The third-order valence-electron chi connectivity index (χ3n) is 3.22. The Balaban J connectivity index is 1.81. The summed E-state index contributed by atoms with van der Waals surface area (Å²) in [6, 6.07) is 2.82. The minimum Gasteiger partial charge on any atom is -0.347 e. The highest BCUT2D eigenvalue weighted by molar-refractivity contribution is 5.75. The molecule has 0 atom stereocenters. The highest BCUT2D eigenvalue weighted by atomic mass is 19.4. The molecule has 25 heavy (non-hydrogen) atoms. The predicted octanol–water partition coefficient (Wildman–Crippen LogP) is 1.17. The molecule has 0 bridgehead atoms. The fraction of sp³-hybridized carbons (Fsp3) is 0.308. The van der Waals surface area contributed by atoms with Gasteiger partial charge in [0.15, 0.2) is 11.5 Å². The van der Waals surface area contributed by atoms with Gasteiger partial charge in [0.25, 0.3) is 5.82 Å². The number of likely N-dealkylation sites (N-methyl/N-ethyl adjacent to an activating group) is 1. The molecule has 0 aliphatic rings. The number of hydrogen-bond donors (Lipinski definition) is 1. The number of fused-ring (bicyclic) bond motifs is 1. The van der Waals surface area contributed by atoms with Gasteiger partial charge in [-0.3, -0.25) is 9.48 Å². The molecule has 0 fully saturated rings. The summed E-state index contributed by atoms with van der Waals surface area (Å²) in [4.78, 5) is 13.1. The number of nitrogens with one attached hydrogen (secondary N) is 1. The molecule has 1 amide bonds. The molecule has 0 aromatic carbocycles. The van der Waals surface area contributed by atoms with Gasteiger partial charge in [-0.1, -0.05) is 0 Å². The quantitative estimate of drug-likeness (QED) is 0.756. The third-order valence-corrected chi connectivity index (χ3v) is 3.22. The summed E-state index contributed by atoms with van der Waals surface area (Å²) in [7, 11) is 3.25. The first-order valence-corrected chi connectivity index (χ1v) is 7.03. The Morgan fingerprint density at radius 1 is 1.28 bits per heavy atom. The first-order chi connectivity index (χ1) is 11.7. The topological polar surface area (TPSA) is 93.2 Å². The molecule has 0 radical (unpaired) electrons. The number of aromatic nitrogens is 6. The van der Waals surface area contributed by atoms with Crippen LogP contribution in [0.1, 0.15) is 5.82 Å². The van der Waals surface area contributed by atoms with Gasteiger partial charge < -0.3 is 10.2 Å². The van der Waals surface area contributed by atoms with Crippen LogP contribution in [-0.2, 0) is 17.5 Å². The van der Waals surface area contributed by atoms with Crippen molar-refractivity contribution in [3.63, 3.8) is 0 Å². The van der Waals surface area contributed by atoms with Crippen molar-refractivity contribution >= 4 is 23.1 Å². The Hall–Kier alpha value is -3.18. The lowest BCUT2D eigenvalue weighted by molar-refractivity contribution is -0.146. The van der Waals surface area contributed by atoms with Gasteiger partial charge in [0.1, 0.15) is 6.54 Å². The van der Waals surface area contributed by atoms with Gasteiger partial charge in [-0.05, 0) is 12.1 Å². The minimum atomic E-state index is -4.66. The first kappa shape index (κ1) is 16.7. The van der Waals surface area contributed by atoms with Gasteiger partial charge in [0, 0.05) is 20.3 Å². The van der Waals surface area contributed by atoms with Gasteiger partial charge >= 0.3 is 6.18 Å². The van der Waals surface area contributed by atoms with Crippen molar-refractivity contribution in [1.29, 1.82) is 0 Å². The fourth-order valence-electron chi connectivity index (χ4n) is 1.97. The Morgan fingerprint density at radius 2 is 2.04 bits per heavy atom. The zero-order valence-corrected chi connectivity index (χ0v) is 13.2. The fourth-order valence-corrected chi connectivity index (χ4v) is 1.97. The van der Waals surface area contributed by atoms with E-state index in [2.05, 4.69) is 25.7 Å². The second-order valence-electron chi connectivity index (χ2n) is 5.35. The standard InChI is InChI=1S/C13H13F3N8O/c1-22(2)11(25)7-23-6-8(5-17-23)18-9-3-4-10-19-20-12(13(14,15)16)24(10)21-9/h3-6H,7H2,1-2H3,(H,18,21). The summed E-state index contributed by atoms with van der Waals surface area (Å²) in [5, 5.41) is 17.2. The third kappa shape index (κ3) is 3.51. The van der Waals surface area contributed by atoms with E-state index in [1.165, 1.54) is 27.9 Å². The SMILES string of the molecule is CN(C)C(=O)Cn1cc(Nc2ccc3nnc(C(F)(F)F)n3n2)cn1. The normalized spacial score (nSPS) is 11.7. The molecular weight excluding hydrogens is 341 g/mol. The second kappa shape index (κ2) is 6.03. The van der Waals surface area contributed by atoms with E-state index < -0.39 is 12.0 Å². The Labute approximate surface area is 139 Å². The van der Waals surface area contributed by atoms with Crippen LogP contribution in [0, 0.1) is 0 Å². The van der Waals surface area contributed by atoms with Crippen LogP contribution >= 0.6 is 0 Å². The number of carbonyl (C=O) groups is 1. The molecule has 0 saturated carbocycles. The van der Waals surface area contributed by atoms with E-state index in [1.54, 1.807) is 20.3 Å². The second-order valence-corrected chi connectivity index (χ2v) is 5.35. The van der Waals surface area contributed by atoms with Gasteiger partial charge in [-0.2, -0.15) is 22.8 Å². The Bertz CT molecular complexity index is 914. The van der Waals surface area contributed by atoms with E-state index in [0.717, 1.165) is 0 Å². The molecule has 0 saturated heterocycles.